The molecular formula is C22H31FN2O2. The van der Waals surface area contributed by atoms with Crippen LogP contribution in [0.5, 0.6) is 0 Å². The zero-order valence-electron chi connectivity index (χ0n) is 16.2. The van der Waals surface area contributed by atoms with Crippen LogP contribution in [-0.2, 0) is 17.8 Å². The Kier molecular flexibility index (Phi) is 7.44. The standard InChI is InChI=1S/C22H31FN2O2/c1-27-17-22(26)16-25(20-9-3-2-4-10-20)15-21-11-6-12-24(21)14-18-7-5-8-19(23)13-18/h5-8,11-13,20,22,26H,2-4,9-10,14-17H2,1H3/t22-/m1/s1. The summed E-state index contributed by atoms with van der Waals surface area (Å²) in [5, 5.41) is 10.3. The van der Waals surface area contributed by atoms with E-state index in [4.69, 9.17) is 4.74 Å². The van der Waals surface area contributed by atoms with Crippen LogP contribution in [0.4, 0.5) is 4.39 Å². The van der Waals surface area contributed by atoms with Gasteiger partial charge in [-0.25, -0.2) is 4.39 Å². The average molecular weight is 375 g/mol. The van der Waals surface area contributed by atoms with Crippen LogP contribution >= 0.6 is 0 Å². The van der Waals surface area contributed by atoms with Gasteiger partial charge < -0.3 is 14.4 Å². The van der Waals surface area contributed by atoms with E-state index < -0.39 is 6.10 Å². The number of methoxy groups -OCH3 is 1. The first-order valence-electron chi connectivity index (χ1n) is 9.95. The van der Waals surface area contributed by atoms with E-state index in [0.29, 0.717) is 25.7 Å². The molecule has 0 amide bonds. The summed E-state index contributed by atoms with van der Waals surface area (Å²) in [6, 6.07) is 11.4. The highest BCUT2D eigenvalue weighted by atomic mass is 19.1. The first-order chi connectivity index (χ1) is 13.2. The topological polar surface area (TPSA) is 37.6 Å². The molecule has 4 nitrogen and oxygen atoms in total. The number of aliphatic hydroxyl groups is 1. The molecule has 0 aliphatic heterocycles. The van der Waals surface area contributed by atoms with Crippen LogP contribution in [-0.4, -0.2) is 47.0 Å². The Hall–Kier alpha value is -1.69. The SMILES string of the molecule is COC[C@H](O)CN(Cc1cccn1Cc1cccc(F)c1)C1CCCCC1. The predicted molar refractivity (Wildman–Crippen MR) is 105 cm³/mol. The molecule has 0 saturated heterocycles. The molecule has 0 unspecified atom stereocenters. The molecule has 27 heavy (non-hydrogen) atoms. The van der Waals surface area contributed by atoms with Crippen molar-refractivity contribution in [3.8, 4) is 0 Å². The van der Waals surface area contributed by atoms with Crippen molar-refractivity contribution in [1.82, 2.24) is 9.47 Å². The molecular weight excluding hydrogens is 343 g/mol. The number of ether oxygens (including phenoxy) is 1. The van der Waals surface area contributed by atoms with Crippen molar-refractivity contribution in [2.75, 3.05) is 20.3 Å². The lowest BCUT2D eigenvalue weighted by molar-refractivity contribution is 0.0174. The van der Waals surface area contributed by atoms with Crippen molar-refractivity contribution >= 4 is 0 Å². The maximum atomic E-state index is 13.5. The summed E-state index contributed by atoms with van der Waals surface area (Å²) in [4.78, 5) is 2.40. The molecule has 1 aromatic carbocycles. The minimum absolute atomic E-state index is 0.201. The van der Waals surface area contributed by atoms with E-state index >= 15 is 0 Å². The first kappa shape index (κ1) is 20.1. The van der Waals surface area contributed by atoms with E-state index in [1.807, 2.05) is 18.3 Å². The maximum absolute atomic E-state index is 13.5. The molecule has 5 heteroatoms. The third-order valence-corrected chi connectivity index (χ3v) is 5.43. The smallest absolute Gasteiger partial charge is 0.123 e. The summed E-state index contributed by atoms with van der Waals surface area (Å²) in [7, 11) is 1.62. The normalized spacial score (nSPS) is 16.7. The number of benzene rings is 1. The lowest BCUT2D eigenvalue weighted by Crippen LogP contribution is -2.42. The van der Waals surface area contributed by atoms with Crippen LogP contribution in [0.25, 0.3) is 0 Å². The third kappa shape index (κ3) is 5.89. The van der Waals surface area contributed by atoms with Crippen molar-refractivity contribution < 1.29 is 14.2 Å². The monoisotopic (exact) mass is 374 g/mol. The summed E-state index contributed by atoms with van der Waals surface area (Å²) >= 11 is 0. The summed E-state index contributed by atoms with van der Waals surface area (Å²) < 4.78 is 20.8. The molecule has 1 fully saturated rings. The number of aromatic nitrogens is 1. The molecule has 1 aromatic heterocycles. The summed E-state index contributed by atoms with van der Waals surface area (Å²) in [6.45, 7) is 2.41. The maximum Gasteiger partial charge on any atom is 0.123 e. The van der Waals surface area contributed by atoms with Gasteiger partial charge in [0.25, 0.3) is 0 Å². The second-order valence-corrected chi connectivity index (χ2v) is 7.59. The Morgan fingerprint density at radius 2 is 2.04 bits per heavy atom. The molecule has 2 aromatic rings. The van der Waals surface area contributed by atoms with Gasteiger partial charge in [0.2, 0.25) is 0 Å². The Morgan fingerprint density at radius 3 is 2.78 bits per heavy atom. The molecule has 1 aliphatic rings. The molecule has 1 atom stereocenters. The van der Waals surface area contributed by atoms with Crippen LogP contribution in [0.3, 0.4) is 0 Å². The summed E-state index contributed by atoms with van der Waals surface area (Å²) in [5.41, 5.74) is 2.14. The molecule has 1 N–H and O–H groups in total. The van der Waals surface area contributed by atoms with Crippen LogP contribution in [0.15, 0.2) is 42.6 Å². The van der Waals surface area contributed by atoms with Gasteiger partial charge in [-0.05, 0) is 42.7 Å². The van der Waals surface area contributed by atoms with Crippen LogP contribution in [0, 0.1) is 5.82 Å². The quantitative estimate of drug-likeness (QED) is 0.725. The van der Waals surface area contributed by atoms with Crippen molar-refractivity contribution in [3.63, 3.8) is 0 Å². The Balaban J connectivity index is 1.72. The fourth-order valence-electron chi connectivity index (χ4n) is 4.09. The van der Waals surface area contributed by atoms with Crippen molar-refractivity contribution in [3.05, 3.63) is 59.7 Å². The molecule has 1 heterocycles. The number of halogens is 1. The Morgan fingerprint density at radius 1 is 1.22 bits per heavy atom. The van der Waals surface area contributed by atoms with Gasteiger partial charge in [-0.1, -0.05) is 31.4 Å². The third-order valence-electron chi connectivity index (χ3n) is 5.43. The number of aliphatic hydroxyl groups excluding tert-OH is 1. The Bertz CT molecular complexity index is 697. The Labute approximate surface area is 161 Å². The van der Waals surface area contributed by atoms with E-state index in [0.717, 1.165) is 12.1 Å². The van der Waals surface area contributed by atoms with Gasteiger partial charge in [0, 0.05) is 44.7 Å². The largest absolute Gasteiger partial charge is 0.389 e. The fraction of sp³-hybridized carbons (Fsp3) is 0.545. The second-order valence-electron chi connectivity index (χ2n) is 7.59. The summed E-state index contributed by atoms with van der Waals surface area (Å²) in [6.07, 6.45) is 7.75. The lowest BCUT2D eigenvalue weighted by Gasteiger charge is -2.35. The molecule has 1 aliphatic carbocycles. The highest BCUT2D eigenvalue weighted by Crippen LogP contribution is 2.25. The highest BCUT2D eigenvalue weighted by molar-refractivity contribution is 5.19. The minimum atomic E-state index is -0.483. The first-order valence-corrected chi connectivity index (χ1v) is 9.95. The molecule has 0 spiro atoms. The molecule has 0 radical (unpaired) electrons. The molecule has 1 saturated carbocycles. The molecule has 148 valence electrons. The van der Waals surface area contributed by atoms with E-state index in [1.165, 1.54) is 43.9 Å². The predicted octanol–water partition coefficient (Wildman–Crippen LogP) is 3.82. The average Bonchev–Trinajstić information content (AvgIpc) is 3.09. The van der Waals surface area contributed by atoms with Crippen molar-refractivity contribution in [2.45, 2.75) is 57.3 Å². The van der Waals surface area contributed by atoms with E-state index in [2.05, 4.69) is 15.5 Å². The van der Waals surface area contributed by atoms with Gasteiger partial charge in [-0.3, -0.25) is 4.90 Å². The van der Waals surface area contributed by atoms with Gasteiger partial charge in [-0.2, -0.15) is 0 Å². The molecule has 3 rings (SSSR count). The lowest BCUT2D eigenvalue weighted by atomic mass is 9.94. The number of hydrogen-bond donors (Lipinski definition) is 1. The minimum Gasteiger partial charge on any atom is -0.389 e. The van der Waals surface area contributed by atoms with Crippen LogP contribution < -0.4 is 0 Å². The number of rotatable bonds is 9. The zero-order valence-corrected chi connectivity index (χ0v) is 16.2. The van der Waals surface area contributed by atoms with Crippen molar-refractivity contribution in [1.29, 1.82) is 0 Å². The number of nitrogens with zero attached hydrogens (tertiary/aromatic N) is 2. The molecule has 0 bridgehead atoms. The van der Waals surface area contributed by atoms with Gasteiger partial charge in [0.05, 0.1) is 12.7 Å². The zero-order chi connectivity index (χ0) is 19.1. The second kappa shape index (κ2) is 10.0. The number of hydrogen-bond acceptors (Lipinski definition) is 3. The fourth-order valence-corrected chi connectivity index (χ4v) is 4.09. The highest BCUT2D eigenvalue weighted by Gasteiger charge is 2.24. The van der Waals surface area contributed by atoms with Crippen LogP contribution in [0.1, 0.15) is 43.4 Å². The van der Waals surface area contributed by atoms with Gasteiger partial charge in [0.15, 0.2) is 0 Å². The van der Waals surface area contributed by atoms with E-state index in [-0.39, 0.29) is 5.82 Å². The van der Waals surface area contributed by atoms with Gasteiger partial charge >= 0.3 is 0 Å². The van der Waals surface area contributed by atoms with E-state index in [9.17, 15) is 9.50 Å². The van der Waals surface area contributed by atoms with E-state index in [1.54, 1.807) is 19.2 Å². The van der Waals surface area contributed by atoms with Crippen LogP contribution in [0.2, 0.25) is 0 Å². The van der Waals surface area contributed by atoms with Gasteiger partial charge in [-0.15, -0.1) is 0 Å². The summed E-state index contributed by atoms with van der Waals surface area (Å²) in [5.74, 6) is -0.201. The van der Waals surface area contributed by atoms with Crippen molar-refractivity contribution in [2.24, 2.45) is 0 Å². The van der Waals surface area contributed by atoms with Gasteiger partial charge in [0.1, 0.15) is 5.82 Å².